The number of H-pyrrole nitrogens is 1. The zero-order valence-corrected chi connectivity index (χ0v) is 21.6. The van der Waals surface area contributed by atoms with Gasteiger partial charge in [0.25, 0.3) is 11.8 Å². The summed E-state index contributed by atoms with van der Waals surface area (Å²) in [7, 11) is 0. The Kier molecular flexibility index (Phi) is 11.2. The highest BCUT2D eigenvalue weighted by Crippen LogP contribution is 2.28. The Morgan fingerprint density at radius 3 is 2.20 bits per heavy atom. The van der Waals surface area contributed by atoms with Crippen LogP contribution in [0.5, 0.6) is 5.75 Å². The van der Waals surface area contributed by atoms with Crippen molar-refractivity contribution >= 4 is 28.5 Å². The van der Waals surface area contributed by atoms with E-state index in [-0.39, 0.29) is 24.2 Å². The molecule has 4 rings (SSSR count). The molecule has 0 saturated heterocycles. The molecule has 2 aromatic carbocycles. The number of rotatable bonds is 9. The molecule has 0 aliphatic carbocycles. The molecule has 2 heterocycles. The molecular formula is C29H38N2O4. The van der Waals surface area contributed by atoms with Gasteiger partial charge in [-0.1, -0.05) is 71.7 Å². The number of para-hydroxylation sites is 1. The summed E-state index contributed by atoms with van der Waals surface area (Å²) in [6.45, 7) is 10.7. The van der Waals surface area contributed by atoms with Crippen molar-refractivity contribution in [3.63, 3.8) is 0 Å². The van der Waals surface area contributed by atoms with Gasteiger partial charge >= 0.3 is 0 Å². The maximum Gasteiger partial charge on any atom is 0.258 e. The number of hydrogen-bond donors (Lipinski definition) is 2. The van der Waals surface area contributed by atoms with E-state index in [1.165, 1.54) is 10.9 Å². The first-order valence-corrected chi connectivity index (χ1v) is 12.6. The molecule has 0 radical (unpaired) electrons. The minimum Gasteiger partial charge on any atom is -0.484 e. The minimum atomic E-state index is -0.300. The normalized spacial score (nSPS) is 11.8. The van der Waals surface area contributed by atoms with Crippen LogP contribution >= 0.6 is 0 Å². The van der Waals surface area contributed by atoms with Gasteiger partial charge in [-0.05, 0) is 42.5 Å². The van der Waals surface area contributed by atoms with Gasteiger partial charge in [0.05, 0.1) is 16.6 Å². The lowest BCUT2D eigenvalue weighted by atomic mass is 10.0. The number of aromatic nitrogens is 1. The molecule has 1 aliphatic heterocycles. The molecule has 2 N–H and O–H groups in total. The Labute approximate surface area is 208 Å². The molecule has 0 bridgehead atoms. The quantitative estimate of drug-likeness (QED) is 0.272. The van der Waals surface area contributed by atoms with Gasteiger partial charge < -0.3 is 9.72 Å². The highest BCUT2D eigenvalue weighted by Gasteiger charge is 2.25. The van der Waals surface area contributed by atoms with Crippen LogP contribution in [-0.2, 0) is 11.2 Å². The standard InChI is InChI=1S/C19H27NO2.C8H5NO2.C2H6/c1-4-5-6-8-16(21)13-22-18-10-7-9-17-15(11-14(2)3)12-20-19(17)18;10-7-5-3-1-2-4-6(5)8(11)9-7;1-2/h7,9-10,12,14,20H,4-6,8,11,13H2,1-3H3;1-4H,(H,9,10,11);1-2H3. The topological polar surface area (TPSA) is 88.3 Å². The Balaban J connectivity index is 0.000000276. The lowest BCUT2D eigenvalue weighted by Gasteiger charge is -2.07. The maximum absolute atomic E-state index is 11.8. The van der Waals surface area contributed by atoms with E-state index >= 15 is 0 Å². The second-order valence-electron chi connectivity index (χ2n) is 8.70. The van der Waals surface area contributed by atoms with Crippen molar-refractivity contribution in [3.8, 4) is 5.75 Å². The van der Waals surface area contributed by atoms with Crippen LogP contribution in [0.15, 0.2) is 48.7 Å². The Hall–Kier alpha value is -3.41. The molecule has 6 nitrogen and oxygen atoms in total. The molecule has 3 aromatic rings. The van der Waals surface area contributed by atoms with Crippen molar-refractivity contribution in [3.05, 3.63) is 65.4 Å². The second kappa shape index (κ2) is 14.1. The summed E-state index contributed by atoms with van der Waals surface area (Å²) in [5.74, 6) is 0.968. The summed E-state index contributed by atoms with van der Waals surface area (Å²) in [6, 6.07) is 12.8. The van der Waals surface area contributed by atoms with Gasteiger partial charge in [-0.2, -0.15) is 0 Å². The van der Waals surface area contributed by atoms with Crippen LogP contribution in [0.2, 0.25) is 0 Å². The number of carbonyl (C=O) groups excluding carboxylic acids is 3. The van der Waals surface area contributed by atoms with Crippen LogP contribution < -0.4 is 10.1 Å². The summed E-state index contributed by atoms with van der Waals surface area (Å²) in [5.41, 5.74) is 3.25. The van der Waals surface area contributed by atoms with Crippen LogP contribution in [0.1, 0.15) is 86.6 Å². The maximum atomic E-state index is 11.8. The Bertz CT molecular complexity index is 1100. The monoisotopic (exact) mass is 478 g/mol. The third kappa shape index (κ3) is 7.81. The number of nitrogens with one attached hydrogen (secondary N) is 2. The van der Waals surface area contributed by atoms with E-state index in [1.54, 1.807) is 24.3 Å². The largest absolute Gasteiger partial charge is 0.484 e. The Morgan fingerprint density at radius 2 is 1.60 bits per heavy atom. The number of ether oxygens (including phenoxy) is 1. The molecule has 0 saturated carbocycles. The van der Waals surface area contributed by atoms with Gasteiger partial charge in [-0.15, -0.1) is 0 Å². The lowest BCUT2D eigenvalue weighted by Crippen LogP contribution is -2.19. The van der Waals surface area contributed by atoms with Gasteiger partial charge in [0.1, 0.15) is 12.4 Å². The minimum absolute atomic E-state index is 0.168. The van der Waals surface area contributed by atoms with Crippen molar-refractivity contribution < 1.29 is 19.1 Å². The van der Waals surface area contributed by atoms with E-state index in [4.69, 9.17) is 4.74 Å². The summed E-state index contributed by atoms with van der Waals surface area (Å²) in [5, 5.41) is 3.40. The summed E-state index contributed by atoms with van der Waals surface area (Å²) >= 11 is 0. The smallest absolute Gasteiger partial charge is 0.258 e. The third-order valence-electron chi connectivity index (χ3n) is 5.48. The third-order valence-corrected chi connectivity index (χ3v) is 5.48. The fourth-order valence-electron chi connectivity index (χ4n) is 3.83. The number of imide groups is 1. The predicted molar refractivity (Wildman–Crippen MR) is 141 cm³/mol. The first kappa shape index (κ1) is 27.8. The van der Waals surface area contributed by atoms with E-state index in [9.17, 15) is 14.4 Å². The SMILES string of the molecule is CC.CCCCCC(=O)COc1cccc2c(CC(C)C)c[nH]c12.O=C1NC(=O)c2ccccc21. The van der Waals surface area contributed by atoms with E-state index < -0.39 is 0 Å². The number of Topliss-reactive ketones (excluding diaryl/α,β-unsaturated/α-hetero) is 1. The van der Waals surface area contributed by atoms with E-state index in [0.29, 0.717) is 23.5 Å². The fourth-order valence-corrected chi connectivity index (χ4v) is 3.83. The molecule has 1 aromatic heterocycles. The van der Waals surface area contributed by atoms with Crippen LogP contribution in [-0.4, -0.2) is 29.2 Å². The number of benzene rings is 2. The number of unbranched alkanes of at least 4 members (excludes halogenated alkanes) is 2. The fraction of sp³-hybridized carbons (Fsp3) is 0.414. The highest BCUT2D eigenvalue weighted by atomic mass is 16.5. The number of hydrogen-bond acceptors (Lipinski definition) is 4. The average molecular weight is 479 g/mol. The molecular weight excluding hydrogens is 440 g/mol. The number of amides is 2. The molecule has 0 unspecified atom stereocenters. The summed E-state index contributed by atoms with van der Waals surface area (Å²) in [4.78, 5) is 37.0. The van der Waals surface area contributed by atoms with Crippen molar-refractivity contribution in [2.45, 2.75) is 66.7 Å². The molecule has 35 heavy (non-hydrogen) atoms. The molecule has 6 heteroatoms. The van der Waals surface area contributed by atoms with Gasteiger partial charge in [0, 0.05) is 18.0 Å². The molecule has 0 atom stereocenters. The second-order valence-corrected chi connectivity index (χ2v) is 8.70. The number of carbonyl (C=O) groups is 3. The lowest BCUT2D eigenvalue weighted by molar-refractivity contribution is -0.121. The molecule has 1 aliphatic rings. The predicted octanol–water partition coefficient (Wildman–Crippen LogP) is 6.49. The number of ketones is 1. The molecule has 0 fully saturated rings. The van der Waals surface area contributed by atoms with Crippen LogP contribution in [0.3, 0.4) is 0 Å². The first-order chi connectivity index (χ1) is 16.9. The zero-order valence-electron chi connectivity index (χ0n) is 21.6. The van der Waals surface area contributed by atoms with Crippen molar-refractivity contribution in [2.24, 2.45) is 5.92 Å². The van der Waals surface area contributed by atoms with Crippen LogP contribution in [0.4, 0.5) is 0 Å². The number of aromatic amines is 1. The van der Waals surface area contributed by atoms with Gasteiger partial charge in [0.15, 0.2) is 5.78 Å². The average Bonchev–Trinajstić information content (AvgIpc) is 3.40. The molecule has 188 valence electrons. The van der Waals surface area contributed by atoms with Crippen molar-refractivity contribution in [1.29, 1.82) is 0 Å². The van der Waals surface area contributed by atoms with Crippen molar-refractivity contribution in [2.75, 3.05) is 6.61 Å². The van der Waals surface area contributed by atoms with Crippen LogP contribution in [0.25, 0.3) is 10.9 Å². The van der Waals surface area contributed by atoms with E-state index in [2.05, 4.69) is 43.3 Å². The number of fused-ring (bicyclic) bond motifs is 2. The van der Waals surface area contributed by atoms with Crippen molar-refractivity contribution in [1.82, 2.24) is 10.3 Å². The van der Waals surface area contributed by atoms with E-state index in [0.717, 1.165) is 36.9 Å². The van der Waals surface area contributed by atoms with E-state index in [1.807, 2.05) is 26.0 Å². The Morgan fingerprint density at radius 1 is 0.943 bits per heavy atom. The summed E-state index contributed by atoms with van der Waals surface area (Å²) < 4.78 is 5.75. The summed E-state index contributed by atoms with van der Waals surface area (Å²) in [6.07, 6.45) is 6.92. The zero-order chi connectivity index (χ0) is 25.8. The van der Waals surface area contributed by atoms with Gasteiger partial charge in [-0.3, -0.25) is 19.7 Å². The van der Waals surface area contributed by atoms with Crippen LogP contribution in [0, 0.1) is 5.92 Å². The molecule has 0 spiro atoms. The first-order valence-electron chi connectivity index (χ1n) is 12.6. The van der Waals surface area contributed by atoms with Gasteiger partial charge in [-0.25, -0.2) is 0 Å². The molecule has 2 amide bonds. The highest BCUT2D eigenvalue weighted by molar-refractivity contribution is 6.21. The van der Waals surface area contributed by atoms with Gasteiger partial charge in [0.2, 0.25) is 0 Å².